The van der Waals surface area contributed by atoms with Gasteiger partial charge in [-0.1, -0.05) is 29.8 Å². The maximum absolute atomic E-state index is 6.34. The van der Waals surface area contributed by atoms with Gasteiger partial charge < -0.3 is 15.5 Å². The third-order valence-electron chi connectivity index (χ3n) is 5.30. The molecule has 0 spiro atoms. The average Bonchev–Trinajstić information content (AvgIpc) is 3.49. The molecule has 30 heavy (non-hydrogen) atoms. The number of likely N-dealkylation sites (tertiary alicyclic amines) is 1. The zero-order valence-corrected chi connectivity index (χ0v) is 17.0. The Balaban J connectivity index is 1.30. The van der Waals surface area contributed by atoms with Crippen LogP contribution in [-0.4, -0.2) is 48.6 Å². The summed E-state index contributed by atoms with van der Waals surface area (Å²) in [5, 5.41) is 8.43. The van der Waals surface area contributed by atoms with Crippen molar-refractivity contribution in [1.29, 1.82) is 0 Å². The van der Waals surface area contributed by atoms with Gasteiger partial charge in [0, 0.05) is 24.2 Å². The molecule has 5 rings (SSSR count). The van der Waals surface area contributed by atoms with Crippen LogP contribution in [-0.2, 0) is 6.54 Å². The van der Waals surface area contributed by atoms with Gasteiger partial charge in [-0.25, -0.2) is 0 Å². The molecule has 0 radical (unpaired) electrons. The summed E-state index contributed by atoms with van der Waals surface area (Å²) in [5.41, 5.74) is 7.21. The first-order valence-corrected chi connectivity index (χ1v) is 10.2. The Morgan fingerprint density at radius 3 is 2.90 bits per heavy atom. The van der Waals surface area contributed by atoms with Gasteiger partial charge in [-0.3, -0.25) is 4.90 Å². The van der Waals surface area contributed by atoms with Crippen LogP contribution in [0.3, 0.4) is 0 Å². The number of nitrogen functional groups attached to an aromatic ring is 1. The van der Waals surface area contributed by atoms with Crippen molar-refractivity contribution in [2.45, 2.75) is 25.4 Å². The number of nitrogens with zero attached hydrogens (tertiary/aromatic N) is 6. The lowest BCUT2D eigenvalue weighted by Crippen LogP contribution is -2.34. The fraction of sp³-hybridized carbons (Fsp3) is 0.300. The fourth-order valence-electron chi connectivity index (χ4n) is 3.78. The number of anilines is 2. The minimum atomic E-state index is 0.215. The first-order chi connectivity index (χ1) is 14.7. The Hall–Kier alpha value is -3.17. The van der Waals surface area contributed by atoms with Gasteiger partial charge in [0.25, 0.3) is 5.78 Å². The highest BCUT2D eigenvalue weighted by atomic mass is 35.5. The van der Waals surface area contributed by atoms with Crippen molar-refractivity contribution in [2.24, 2.45) is 0 Å². The van der Waals surface area contributed by atoms with Crippen molar-refractivity contribution in [3.8, 4) is 11.6 Å². The van der Waals surface area contributed by atoms with E-state index in [1.807, 2.05) is 18.2 Å². The predicted octanol–water partition coefficient (Wildman–Crippen LogP) is 3.09. The summed E-state index contributed by atoms with van der Waals surface area (Å²) in [7, 11) is 0. The average molecular weight is 425 g/mol. The monoisotopic (exact) mass is 424 g/mol. The van der Waals surface area contributed by atoms with Gasteiger partial charge in [0.05, 0.1) is 6.26 Å². The molecule has 1 saturated heterocycles. The maximum atomic E-state index is 6.34. The van der Waals surface area contributed by atoms with Crippen LogP contribution in [0.4, 0.5) is 11.9 Å². The van der Waals surface area contributed by atoms with Crippen LogP contribution in [0.25, 0.3) is 17.4 Å². The third-order valence-corrected chi connectivity index (χ3v) is 5.67. The Morgan fingerprint density at radius 1 is 1.17 bits per heavy atom. The summed E-state index contributed by atoms with van der Waals surface area (Å²) in [6.07, 6.45) is 3.82. The first-order valence-electron chi connectivity index (χ1n) is 9.83. The van der Waals surface area contributed by atoms with E-state index in [0.29, 0.717) is 35.9 Å². The number of fused-ring (bicyclic) bond motifs is 1. The molecule has 4 heterocycles. The van der Waals surface area contributed by atoms with Crippen molar-refractivity contribution < 1.29 is 4.42 Å². The first kappa shape index (κ1) is 18.8. The lowest BCUT2D eigenvalue weighted by atomic mass is 10.2. The van der Waals surface area contributed by atoms with Crippen LogP contribution in [0, 0.1) is 0 Å². The molecule has 1 aliphatic heterocycles. The summed E-state index contributed by atoms with van der Waals surface area (Å²) in [6, 6.07) is 11.9. The topological polar surface area (TPSA) is 110 Å². The number of furan rings is 1. The van der Waals surface area contributed by atoms with Gasteiger partial charge >= 0.3 is 0 Å². The molecule has 1 atom stereocenters. The molecule has 1 fully saturated rings. The molecular formula is C20H21ClN8O. The number of halogens is 1. The molecule has 1 unspecified atom stereocenters. The number of rotatable bonds is 6. The summed E-state index contributed by atoms with van der Waals surface area (Å²) in [5.74, 6) is 1.99. The molecule has 0 amide bonds. The number of hydrogen-bond acceptors (Lipinski definition) is 8. The summed E-state index contributed by atoms with van der Waals surface area (Å²) >= 11 is 6.34. The number of nitrogens with one attached hydrogen (secondary N) is 1. The van der Waals surface area contributed by atoms with E-state index in [9.17, 15) is 0 Å². The molecular weight excluding hydrogens is 404 g/mol. The van der Waals surface area contributed by atoms with Gasteiger partial charge in [0.2, 0.25) is 17.7 Å². The molecule has 9 nitrogen and oxygen atoms in total. The Kier molecular flexibility index (Phi) is 4.97. The van der Waals surface area contributed by atoms with Crippen molar-refractivity contribution in [2.75, 3.05) is 24.1 Å². The zero-order chi connectivity index (χ0) is 20.5. The van der Waals surface area contributed by atoms with Crippen molar-refractivity contribution in [3.63, 3.8) is 0 Å². The van der Waals surface area contributed by atoms with E-state index in [4.69, 9.17) is 21.8 Å². The molecule has 10 heteroatoms. The summed E-state index contributed by atoms with van der Waals surface area (Å²) < 4.78 is 6.75. The second-order valence-electron chi connectivity index (χ2n) is 7.27. The maximum Gasteiger partial charge on any atom is 0.259 e. The zero-order valence-electron chi connectivity index (χ0n) is 16.2. The third kappa shape index (κ3) is 3.69. The van der Waals surface area contributed by atoms with E-state index in [1.54, 1.807) is 18.4 Å². The Bertz CT molecular complexity index is 1160. The van der Waals surface area contributed by atoms with E-state index in [2.05, 4.69) is 36.3 Å². The summed E-state index contributed by atoms with van der Waals surface area (Å²) in [4.78, 5) is 15.6. The molecule has 3 N–H and O–H groups in total. The SMILES string of the molecule is Nc1nc(NCC2CCCN2Cc2ccccc2Cl)nc2nc(-c3ccco3)nn12. The second kappa shape index (κ2) is 7.92. The minimum Gasteiger partial charge on any atom is -0.461 e. The summed E-state index contributed by atoms with van der Waals surface area (Å²) in [6.45, 7) is 2.57. The van der Waals surface area contributed by atoms with E-state index < -0.39 is 0 Å². The second-order valence-corrected chi connectivity index (χ2v) is 7.68. The molecule has 0 bridgehead atoms. The normalized spacial score (nSPS) is 17.0. The highest BCUT2D eigenvalue weighted by molar-refractivity contribution is 6.31. The van der Waals surface area contributed by atoms with E-state index >= 15 is 0 Å². The van der Waals surface area contributed by atoms with Crippen molar-refractivity contribution >= 4 is 29.3 Å². The quantitative estimate of drug-likeness (QED) is 0.485. The molecule has 1 aromatic carbocycles. The Labute approximate surface area is 177 Å². The smallest absolute Gasteiger partial charge is 0.259 e. The number of nitrogens with two attached hydrogens (primary N) is 1. The Morgan fingerprint density at radius 2 is 2.07 bits per heavy atom. The standard InChI is InChI=1S/C20H21ClN8O/c21-15-7-2-1-5-13(15)12-28-9-3-6-14(28)11-23-19-25-18(22)29-20(26-19)24-17(27-29)16-8-4-10-30-16/h1-2,4-5,7-8,10,14H,3,6,9,11-12H2,(H3,22,23,24,25,26,27). The van der Waals surface area contributed by atoms with Crippen LogP contribution in [0.2, 0.25) is 5.02 Å². The van der Waals surface area contributed by atoms with Crippen LogP contribution < -0.4 is 11.1 Å². The lowest BCUT2D eigenvalue weighted by Gasteiger charge is -2.25. The fourth-order valence-corrected chi connectivity index (χ4v) is 3.98. The number of hydrogen-bond donors (Lipinski definition) is 2. The van der Waals surface area contributed by atoms with Crippen LogP contribution in [0.15, 0.2) is 47.1 Å². The minimum absolute atomic E-state index is 0.215. The van der Waals surface area contributed by atoms with Crippen LogP contribution >= 0.6 is 11.6 Å². The van der Waals surface area contributed by atoms with Crippen molar-refractivity contribution in [3.05, 3.63) is 53.2 Å². The molecule has 0 saturated carbocycles. The molecule has 1 aliphatic rings. The van der Waals surface area contributed by atoms with Crippen LogP contribution in [0.5, 0.6) is 0 Å². The predicted molar refractivity (Wildman–Crippen MR) is 114 cm³/mol. The molecule has 3 aromatic heterocycles. The van der Waals surface area contributed by atoms with E-state index in [-0.39, 0.29) is 5.95 Å². The van der Waals surface area contributed by atoms with Crippen LogP contribution in [0.1, 0.15) is 18.4 Å². The molecule has 4 aromatic rings. The highest BCUT2D eigenvalue weighted by Gasteiger charge is 2.25. The largest absolute Gasteiger partial charge is 0.461 e. The van der Waals surface area contributed by atoms with E-state index in [0.717, 1.165) is 36.5 Å². The lowest BCUT2D eigenvalue weighted by molar-refractivity contribution is 0.254. The number of aromatic nitrogens is 5. The number of benzene rings is 1. The van der Waals surface area contributed by atoms with Gasteiger partial charge in [0.15, 0.2) is 5.76 Å². The molecule has 0 aliphatic carbocycles. The van der Waals surface area contributed by atoms with Gasteiger partial charge in [0.1, 0.15) is 0 Å². The van der Waals surface area contributed by atoms with Crippen molar-refractivity contribution in [1.82, 2.24) is 29.5 Å². The van der Waals surface area contributed by atoms with E-state index in [1.165, 1.54) is 4.52 Å². The van der Waals surface area contributed by atoms with Gasteiger partial charge in [-0.2, -0.15) is 19.5 Å². The van der Waals surface area contributed by atoms with Gasteiger partial charge in [-0.15, -0.1) is 5.10 Å². The highest BCUT2D eigenvalue weighted by Crippen LogP contribution is 2.24. The molecule has 154 valence electrons. The van der Waals surface area contributed by atoms with Gasteiger partial charge in [-0.05, 0) is 43.1 Å².